The van der Waals surface area contributed by atoms with Gasteiger partial charge < -0.3 is 14.4 Å². The number of rotatable bonds is 30. The molecule has 1 aliphatic carbocycles. The molecule has 3 fully saturated rings. The minimum absolute atomic E-state index is 0.281. The number of ether oxygens (including phenoxy) is 2. The lowest BCUT2D eigenvalue weighted by atomic mass is 9.76. The van der Waals surface area contributed by atoms with Crippen LogP contribution in [0.15, 0.2) is 48.6 Å². The first-order valence-corrected chi connectivity index (χ1v) is 22.2. The monoisotopic (exact) mass is 694 g/mol. The van der Waals surface area contributed by atoms with Crippen LogP contribution in [0.2, 0.25) is 0 Å². The lowest BCUT2D eigenvalue weighted by Crippen LogP contribution is -2.43. The highest BCUT2D eigenvalue weighted by molar-refractivity contribution is 5.01. The minimum Gasteiger partial charge on any atom is -0.344 e. The molecule has 50 heavy (non-hydrogen) atoms. The molecule has 1 unspecified atom stereocenters. The fourth-order valence-electron chi connectivity index (χ4n) is 8.81. The highest BCUT2D eigenvalue weighted by Crippen LogP contribution is 2.56. The predicted octanol–water partition coefficient (Wildman–Crippen LogP) is 14.4. The van der Waals surface area contributed by atoms with E-state index in [0.29, 0.717) is 11.5 Å². The fraction of sp³-hybridized carbons (Fsp3) is 0.830. The summed E-state index contributed by atoms with van der Waals surface area (Å²) in [5.74, 6) is -0.281. The molecular weight excluding hydrogens is 611 g/mol. The second-order valence-corrected chi connectivity index (χ2v) is 16.6. The Hall–Kier alpha value is -1.16. The summed E-state index contributed by atoms with van der Waals surface area (Å²) in [4.78, 5) is 2.43. The number of allylic oxidation sites excluding steroid dienone is 8. The molecule has 3 atom stereocenters. The van der Waals surface area contributed by atoms with E-state index in [9.17, 15) is 0 Å². The predicted molar refractivity (Wildman–Crippen MR) is 219 cm³/mol. The summed E-state index contributed by atoms with van der Waals surface area (Å²) in [6.45, 7) is 6.74. The molecular formula is C47H83NO2. The highest BCUT2D eigenvalue weighted by atomic mass is 16.8. The van der Waals surface area contributed by atoms with Crippen molar-refractivity contribution < 1.29 is 9.47 Å². The zero-order valence-corrected chi connectivity index (χ0v) is 33.7. The van der Waals surface area contributed by atoms with Gasteiger partial charge in [-0.3, -0.25) is 0 Å². The molecule has 0 aromatic carbocycles. The van der Waals surface area contributed by atoms with Crippen LogP contribution in [0, 0.1) is 5.41 Å². The van der Waals surface area contributed by atoms with Gasteiger partial charge in [0, 0.05) is 25.9 Å². The molecule has 2 heterocycles. The molecule has 3 rings (SSSR count). The molecule has 0 amide bonds. The van der Waals surface area contributed by atoms with E-state index in [4.69, 9.17) is 9.47 Å². The topological polar surface area (TPSA) is 21.7 Å². The van der Waals surface area contributed by atoms with Crippen molar-refractivity contribution in [1.82, 2.24) is 4.90 Å². The van der Waals surface area contributed by atoms with Crippen LogP contribution in [0.5, 0.6) is 0 Å². The van der Waals surface area contributed by atoms with E-state index in [0.717, 1.165) is 45.2 Å². The van der Waals surface area contributed by atoms with Gasteiger partial charge in [-0.1, -0.05) is 152 Å². The van der Waals surface area contributed by atoms with Gasteiger partial charge in [-0.2, -0.15) is 0 Å². The largest absolute Gasteiger partial charge is 0.344 e. The van der Waals surface area contributed by atoms with Crippen LogP contribution < -0.4 is 0 Å². The van der Waals surface area contributed by atoms with Gasteiger partial charge >= 0.3 is 0 Å². The van der Waals surface area contributed by atoms with Gasteiger partial charge in [0.25, 0.3) is 0 Å². The van der Waals surface area contributed by atoms with Gasteiger partial charge in [-0.05, 0) is 102 Å². The summed E-state index contributed by atoms with van der Waals surface area (Å²) < 4.78 is 13.6. The third-order valence-electron chi connectivity index (χ3n) is 11.9. The summed E-state index contributed by atoms with van der Waals surface area (Å²) in [6, 6.07) is 0. The molecule has 0 radical (unpaired) electrons. The zero-order chi connectivity index (χ0) is 35.4. The quantitative estimate of drug-likeness (QED) is 0.0552. The smallest absolute Gasteiger partial charge is 0.169 e. The van der Waals surface area contributed by atoms with Crippen LogP contribution in [-0.2, 0) is 9.47 Å². The van der Waals surface area contributed by atoms with E-state index in [2.05, 4.69) is 74.4 Å². The maximum atomic E-state index is 6.82. The van der Waals surface area contributed by atoms with Crippen molar-refractivity contribution in [2.24, 2.45) is 5.41 Å². The van der Waals surface area contributed by atoms with Crippen molar-refractivity contribution in [1.29, 1.82) is 0 Å². The summed E-state index contributed by atoms with van der Waals surface area (Å²) in [5, 5.41) is 0. The Kier molecular flexibility index (Phi) is 23.7. The van der Waals surface area contributed by atoms with E-state index >= 15 is 0 Å². The van der Waals surface area contributed by atoms with Crippen molar-refractivity contribution >= 4 is 0 Å². The Balaban J connectivity index is 1.28. The van der Waals surface area contributed by atoms with Gasteiger partial charge in [0.15, 0.2) is 5.79 Å². The number of hydrogen-bond acceptors (Lipinski definition) is 3. The molecule has 0 bridgehead atoms. The van der Waals surface area contributed by atoms with E-state index in [-0.39, 0.29) is 11.9 Å². The van der Waals surface area contributed by atoms with Gasteiger partial charge in [0.2, 0.25) is 0 Å². The van der Waals surface area contributed by atoms with Crippen LogP contribution in [0.25, 0.3) is 0 Å². The molecule has 3 nitrogen and oxygen atoms in total. The Morgan fingerprint density at radius 3 is 1.46 bits per heavy atom. The van der Waals surface area contributed by atoms with Crippen molar-refractivity contribution in [2.75, 3.05) is 20.1 Å². The van der Waals surface area contributed by atoms with E-state index in [1.54, 1.807) is 0 Å². The number of nitrogens with zero attached hydrogens (tertiary/aromatic N) is 1. The Morgan fingerprint density at radius 2 is 0.960 bits per heavy atom. The van der Waals surface area contributed by atoms with E-state index in [1.807, 2.05) is 0 Å². The summed E-state index contributed by atoms with van der Waals surface area (Å²) in [7, 11) is 2.24. The third-order valence-corrected chi connectivity index (χ3v) is 11.9. The molecule has 0 aromatic rings. The molecule has 2 saturated heterocycles. The summed E-state index contributed by atoms with van der Waals surface area (Å²) in [5.41, 5.74) is 0.434. The standard InChI is InChI=1S/C47H83NO2/c1-4-6-8-10-12-14-16-18-20-22-24-26-28-30-32-34-37-46(39-40-47(43-46)49-44-36-41-48(3)42-45(44)50-47)38-35-33-31-29-27-25-23-21-19-17-15-13-11-9-7-5-2/h12-15,18-21,44-45H,4-11,16-17,22-43H2,1-3H3/t44-,45+,46?,47?/m1/s1. The lowest BCUT2D eigenvalue weighted by Gasteiger charge is -2.32. The van der Waals surface area contributed by atoms with Gasteiger partial charge in [-0.15, -0.1) is 0 Å². The number of fused-ring (bicyclic) bond motifs is 1. The SMILES string of the molecule is CCCCCC=CCC=CCCCCCCCCC1(CCCCCCCCC=CCC=CCCCCC)CCC2(C1)O[C@H]1CN(C)CC[C@H]1O2. The van der Waals surface area contributed by atoms with Gasteiger partial charge in [0.1, 0.15) is 0 Å². The van der Waals surface area contributed by atoms with Crippen molar-refractivity contribution in [3.8, 4) is 0 Å². The van der Waals surface area contributed by atoms with Gasteiger partial charge in [-0.25, -0.2) is 0 Å². The van der Waals surface area contributed by atoms with Crippen molar-refractivity contribution in [3.63, 3.8) is 0 Å². The van der Waals surface area contributed by atoms with E-state index < -0.39 is 0 Å². The second kappa shape index (κ2) is 27.4. The van der Waals surface area contributed by atoms with Crippen LogP contribution in [-0.4, -0.2) is 43.0 Å². The van der Waals surface area contributed by atoms with Crippen LogP contribution >= 0.6 is 0 Å². The maximum Gasteiger partial charge on any atom is 0.169 e. The number of piperidine rings is 1. The first-order valence-electron chi connectivity index (χ1n) is 22.2. The molecule has 2 aliphatic heterocycles. The van der Waals surface area contributed by atoms with Crippen LogP contribution in [0.4, 0.5) is 0 Å². The molecule has 3 heteroatoms. The Morgan fingerprint density at radius 1 is 0.520 bits per heavy atom. The average molecular weight is 694 g/mol. The number of unbranched alkanes of at least 4 members (excludes halogenated alkanes) is 18. The second-order valence-electron chi connectivity index (χ2n) is 16.6. The third kappa shape index (κ3) is 18.6. The highest BCUT2D eigenvalue weighted by Gasteiger charge is 2.56. The zero-order valence-electron chi connectivity index (χ0n) is 33.7. The minimum atomic E-state index is -0.281. The summed E-state index contributed by atoms with van der Waals surface area (Å²) >= 11 is 0. The van der Waals surface area contributed by atoms with E-state index in [1.165, 1.54) is 161 Å². The number of likely N-dealkylation sites (N-methyl/N-ethyl adjacent to an activating group) is 1. The van der Waals surface area contributed by atoms with Crippen LogP contribution in [0.3, 0.4) is 0 Å². The first-order chi connectivity index (χ1) is 24.6. The molecule has 1 spiro atoms. The Labute approximate surface area is 312 Å². The molecule has 3 aliphatic rings. The number of likely N-dealkylation sites (tertiary alicyclic amines) is 1. The van der Waals surface area contributed by atoms with Gasteiger partial charge in [0.05, 0.1) is 12.2 Å². The lowest BCUT2D eigenvalue weighted by molar-refractivity contribution is -0.174. The molecule has 0 N–H and O–H groups in total. The Bertz CT molecular complexity index is 887. The van der Waals surface area contributed by atoms with Crippen molar-refractivity contribution in [2.45, 2.75) is 224 Å². The number of hydrogen-bond donors (Lipinski definition) is 0. The van der Waals surface area contributed by atoms with Crippen molar-refractivity contribution in [3.05, 3.63) is 48.6 Å². The molecule has 0 aromatic heterocycles. The van der Waals surface area contributed by atoms with Crippen LogP contribution in [0.1, 0.15) is 206 Å². The first kappa shape index (κ1) is 43.2. The average Bonchev–Trinajstić information content (AvgIpc) is 3.65. The molecule has 288 valence electrons. The maximum absolute atomic E-state index is 6.82. The normalized spacial score (nSPS) is 25.9. The summed E-state index contributed by atoms with van der Waals surface area (Å²) in [6.07, 6.45) is 59.0. The molecule has 1 saturated carbocycles. The fourth-order valence-corrected chi connectivity index (χ4v) is 8.81.